The van der Waals surface area contributed by atoms with Gasteiger partial charge in [-0.3, -0.25) is 9.48 Å². The quantitative estimate of drug-likeness (QED) is 0.281. The largest absolute Gasteiger partial charge is 0.433 e. The number of hydrogen-bond donors (Lipinski definition) is 3. The molecule has 0 aliphatic heterocycles. The first-order chi connectivity index (χ1) is 17.3. The van der Waals surface area contributed by atoms with Gasteiger partial charge in [-0.05, 0) is 57.4 Å². The molecule has 12 heteroatoms. The zero-order valence-corrected chi connectivity index (χ0v) is 21.1. The Morgan fingerprint density at radius 3 is 2.57 bits per heavy atom. The Hall–Kier alpha value is -2.92. The van der Waals surface area contributed by atoms with Gasteiger partial charge in [0.25, 0.3) is 5.91 Å². The van der Waals surface area contributed by atoms with Crippen LogP contribution in [0.2, 0.25) is 5.15 Å². The first-order valence-corrected chi connectivity index (χ1v) is 12.4. The van der Waals surface area contributed by atoms with Crippen LogP contribution in [0.4, 0.5) is 23.2 Å². The summed E-state index contributed by atoms with van der Waals surface area (Å²) in [4.78, 5) is 16.6. The fourth-order valence-corrected chi connectivity index (χ4v) is 4.83. The smallest absolute Gasteiger partial charge is 0.389 e. The van der Waals surface area contributed by atoms with Crippen molar-refractivity contribution in [1.29, 1.82) is 0 Å². The minimum absolute atomic E-state index is 0.00927. The van der Waals surface area contributed by atoms with Crippen LogP contribution in [0.1, 0.15) is 62.0 Å². The Kier molecular flexibility index (Phi) is 7.66. The van der Waals surface area contributed by atoms with Gasteiger partial charge in [-0.1, -0.05) is 24.4 Å². The number of fused-ring (bicyclic) bond motifs is 1. The Balaban J connectivity index is 1.52. The summed E-state index contributed by atoms with van der Waals surface area (Å²) in [6.07, 6.45) is 0.218. The predicted octanol–water partition coefficient (Wildman–Crippen LogP) is 5.56. The Morgan fingerprint density at radius 2 is 1.89 bits per heavy atom. The molecule has 1 aliphatic carbocycles. The first kappa shape index (κ1) is 27.1. The highest BCUT2D eigenvalue weighted by Crippen LogP contribution is 2.34. The van der Waals surface area contributed by atoms with Crippen LogP contribution in [0.15, 0.2) is 30.5 Å². The lowest BCUT2D eigenvalue weighted by Crippen LogP contribution is -2.38. The maximum absolute atomic E-state index is 13.9. The highest BCUT2D eigenvalue weighted by molar-refractivity contribution is 6.32. The summed E-state index contributed by atoms with van der Waals surface area (Å²) in [6.45, 7) is 3.37. The van der Waals surface area contributed by atoms with Gasteiger partial charge in [-0.15, -0.1) is 0 Å². The number of nitrogens with one attached hydrogen (secondary N) is 2. The van der Waals surface area contributed by atoms with E-state index in [1.807, 2.05) is 0 Å². The van der Waals surface area contributed by atoms with Crippen molar-refractivity contribution in [1.82, 2.24) is 20.1 Å². The normalized spacial score (nSPS) is 19.0. The molecule has 4 rings (SSSR count). The molecular formula is C25H28ClF4N5O2. The van der Waals surface area contributed by atoms with Gasteiger partial charge in [-0.25, -0.2) is 9.37 Å². The standard InChI is InChI=1S/C25H28ClF4N5O2/c1-24(2,37)13-35-12-18(22(26)34-35)23(36)32-16-6-4-3-5-15(10-16)31-20-11-21(25(28,29)30)33-19-8-7-14(27)9-17(19)20/h7-9,11-12,15-16,37H,3-6,10,13H2,1-2H3,(H,31,33)(H,32,36)/t15-,16+/m1/s1. The van der Waals surface area contributed by atoms with Crippen LogP contribution < -0.4 is 10.6 Å². The lowest BCUT2D eigenvalue weighted by molar-refractivity contribution is -0.140. The SMILES string of the molecule is CC(C)(O)Cn1cc(C(=O)N[C@H]2CCCC[C@@H](Nc3cc(C(F)(F)F)nc4ccc(F)cc34)C2)c(Cl)n1. The summed E-state index contributed by atoms with van der Waals surface area (Å²) >= 11 is 6.16. The number of carbonyl (C=O) groups is 1. The Bertz CT molecular complexity index is 1290. The molecule has 0 spiro atoms. The van der Waals surface area contributed by atoms with Crippen molar-refractivity contribution in [2.45, 2.75) is 76.4 Å². The topological polar surface area (TPSA) is 92.1 Å². The Labute approximate surface area is 216 Å². The van der Waals surface area contributed by atoms with Gasteiger partial charge in [0.2, 0.25) is 0 Å². The second-order valence-electron chi connectivity index (χ2n) is 10.1. The first-order valence-electron chi connectivity index (χ1n) is 12.0. The van der Waals surface area contributed by atoms with Gasteiger partial charge in [0.1, 0.15) is 11.5 Å². The van der Waals surface area contributed by atoms with E-state index in [1.54, 1.807) is 13.8 Å². The molecule has 1 saturated carbocycles. The predicted molar refractivity (Wildman–Crippen MR) is 132 cm³/mol. The highest BCUT2D eigenvalue weighted by Gasteiger charge is 2.34. The average molecular weight is 542 g/mol. The third-order valence-electron chi connectivity index (χ3n) is 6.19. The number of pyridine rings is 1. The maximum atomic E-state index is 13.9. The number of aliphatic hydroxyl groups is 1. The van der Waals surface area contributed by atoms with Crippen LogP contribution in [0.25, 0.3) is 10.9 Å². The van der Waals surface area contributed by atoms with Crippen LogP contribution in [0, 0.1) is 5.82 Å². The molecular weight excluding hydrogens is 514 g/mol. The summed E-state index contributed by atoms with van der Waals surface area (Å²) in [7, 11) is 0. The van der Waals surface area contributed by atoms with E-state index < -0.39 is 29.2 Å². The molecule has 1 aromatic carbocycles. The fourth-order valence-electron chi connectivity index (χ4n) is 4.60. The molecule has 0 radical (unpaired) electrons. The number of halogens is 5. The molecule has 2 atom stereocenters. The minimum Gasteiger partial charge on any atom is -0.389 e. The number of hydrogen-bond acceptors (Lipinski definition) is 5. The summed E-state index contributed by atoms with van der Waals surface area (Å²) < 4.78 is 55.7. The number of aromatic nitrogens is 3. The molecule has 0 unspecified atom stereocenters. The third-order valence-corrected chi connectivity index (χ3v) is 6.47. The highest BCUT2D eigenvalue weighted by atomic mass is 35.5. The van der Waals surface area contributed by atoms with Gasteiger partial charge in [0.05, 0.1) is 23.2 Å². The molecule has 3 N–H and O–H groups in total. The van der Waals surface area contributed by atoms with Crippen molar-refractivity contribution >= 4 is 34.1 Å². The molecule has 0 saturated heterocycles. The van der Waals surface area contributed by atoms with Crippen molar-refractivity contribution in [2.75, 3.05) is 5.32 Å². The van der Waals surface area contributed by atoms with Gasteiger partial charge < -0.3 is 15.7 Å². The van der Waals surface area contributed by atoms with E-state index in [-0.39, 0.29) is 45.9 Å². The molecule has 0 bridgehead atoms. The van der Waals surface area contributed by atoms with E-state index in [4.69, 9.17) is 11.6 Å². The molecule has 3 aromatic rings. The molecule has 2 aromatic heterocycles. The van der Waals surface area contributed by atoms with Crippen molar-refractivity contribution < 1.29 is 27.5 Å². The van der Waals surface area contributed by atoms with Crippen LogP contribution in [-0.4, -0.2) is 43.5 Å². The number of carbonyl (C=O) groups excluding carboxylic acids is 1. The number of amides is 1. The molecule has 1 aliphatic rings. The summed E-state index contributed by atoms with van der Waals surface area (Å²) in [5.74, 6) is -1.00. The van der Waals surface area contributed by atoms with Gasteiger partial charge in [0, 0.05) is 29.4 Å². The molecule has 200 valence electrons. The number of anilines is 1. The van der Waals surface area contributed by atoms with Crippen molar-refractivity contribution in [3.8, 4) is 0 Å². The number of rotatable bonds is 6. The van der Waals surface area contributed by atoms with Crippen LogP contribution >= 0.6 is 11.6 Å². The zero-order valence-electron chi connectivity index (χ0n) is 20.4. The van der Waals surface area contributed by atoms with E-state index in [0.29, 0.717) is 19.3 Å². The van der Waals surface area contributed by atoms with E-state index in [9.17, 15) is 27.5 Å². The molecule has 2 heterocycles. The van der Waals surface area contributed by atoms with E-state index in [0.717, 1.165) is 31.0 Å². The zero-order chi connectivity index (χ0) is 27.0. The van der Waals surface area contributed by atoms with Gasteiger partial charge in [-0.2, -0.15) is 18.3 Å². The van der Waals surface area contributed by atoms with E-state index in [1.165, 1.54) is 16.9 Å². The van der Waals surface area contributed by atoms with Crippen molar-refractivity contribution in [3.05, 3.63) is 52.7 Å². The average Bonchev–Trinajstić information content (AvgIpc) is 2.99. The second kappa shape index (κ2) is 10.4. The van der Waals surface area contributed by atoms with Crippen LogP contribution in [0.5, 0.6) is 0 Å². The van der Waals surface area contributed by atoms with Crippen LogP contribution in [0.3, 0.4) is 0 Å². The molecule has 37 heavy (non-hydrogen) atoms. The molecule has 1 amide bonds. The molecule has 1 fully saturated rings. The number of alkyl halides is 3. The third kappa shape index (κ3) is 6.89. The van der Waals surface area contributed by atoms with Crippen molar-refractivity contribution in [3.63, 3.8) is 0 Å². The van der Waals surface area contributed by atoms with Gasteiger partial charge in [0.15, 0.2) is 5.15 Å². The van der Waals surface area contributed by atoms with Crippen LogP contribution in [-0.2, 0) is 12.7 Å². The van der Waals surface area contributed by atoms with Gasteiger partial charge >= 0.3 is 6.18 Å². The summed E-state index contributed by atoms with van der Waals surface area (Å²) in [5, 5.41) is 20.5. The summed E-state index contributed by atoms with van der Waals surface area (Å²) in [6, 6.07) is 3.82. The molecule has 7 nitrogen and oxygen atoms in total. The van der Waals surface area contributed by atoms with Crippen molar-refractivity contribution in [2.24, 2.45) is 0 Å². The van der Waals surface area contributed by atoms with E-state index >= 15 is 0 Å². The monoisotopic (exact) mass is 541 g/mol. The Morgan fingerprint density at radius 1 is 1.19 bits per heavy atom. The number of nitrogens with zero attached hydrogens (tertiary/aromatic N) is 3. The maximum Gasteiger partial charge on any atom is 0.433 e. The lowest BCUT2D eigenvalue weighted by Gasteiger charge is -2.24. The second-order valence-corrected chi connectivity index (χ2v) is 10.4. The summed E-state index contributed by atoms with van der Waals surface area (Å²) in [5.41, 5.74) is -1.76. The van der Waals surface area contributed by atoms with E-state index in [2.05, 4.69) is 20.7 Å². The lowest BCUT2D eigenvalue weighted by atomic mass is 10.0. The number of benzene rings is 1. The fraction of sp³-hybridized carbons (Fsp3) is 0.480. The minimum atomic E-state index is -4.66.